The highest BCUT2D eigenvalue weighted by Crippen LogP contribution is 2.56. The summed E-state index contributed by atoms with van der Waals surface area (Å²) >= 11 is 0. The summed E-state index contributed by atoms with van der Waals surface area (Å²) in [6.45, 7) is 13.4. The molecule has 0 amide bonds. The molecule has 0 radical (unpaired) electrons. The van der Waals surface area contributed by atoms with Gasteiger partial charge in [0.15, 0.2) is 0 Å². The Morgan fingerprint density at radius 1 is 0.682 bits per heavy atom. The quantitative estimate of drug-likeness (QED) is 0.602. The molecule has 2 nitrogen and oxygen atoms in total. The van der Waals surface area contributed by atoms with Crippen LogP contribution >= 0.6 is 0 Å². The summed E-state index contributed by atoms with van der Waals surface area (Å²) < 4.78 is 0. The van der Waals surface area contributed by atoms with Crippen molar-refractivity contribution in [2.75, 3.05) is 0 Å². The highest BCUT2D eigenvalue weighted by atomic mass is 14.9. The maximum atomic E-state index is 4.94. The van der Waals surface area contributed by atoms with Gasteiger partial charge in [-0.05, 0) is 35.7 Å². The van der Waals surface area contributed by atoms with Gasteiger partial charge in [-0.2, -0.15) is 0 Å². The Balaban J connectivity index is 2.26. The van der Waals surface area contributed by atoms with Crippen LogP contribution in [0, 0.1) is 0 Å². The summed E-state index contributed by atoms with van der Waals surface area (Å²) in [5.41, 5.74) is 7.18. The Bertz CT molecular complexity index is 821. The fraction of sp³-hybridized carbons (Fsp3) is 0.400. The second-order valence-corrected chi connectivity index (χ2v) is 7.64. The number of nitrogens with zero attached hydrogens (tertiary/aromatic N) is 2. The number of aliphatic imine (C=N–C) groups is 2. The van der Waals surface area contributed by atoms with Crippen molar-refractivity contribution in [3.8, 4) is 0 Å². The van der Waals surface area contributed by atoms with Gasteiger partial charge in [0.2, 0.25) is 0 Å². The van der Waals surface area contributed by atoms with E-state index in [0.717, 1.165) is 11.4 Å². The molecule has 0 atom stereocenters. The van der Waals surface area contributed by atoms with Gasteiger partial charge >= 0.3 is 0 Å². The zero-order valence-electron chi connectivity index (χ0n) is 14.2. The molecule has 0 fully saturated rings. The summed E-state index contributed by atoms with van der Waals surface area (Å²) in [7, 11) is 0. The third-order valence-corrected chi connectivity index (χ3v) is 5.78. The van der Waals surface area contributed by atoms with Gasteiger partial charge in [0.25, 0.3) is 0 Å². The van der Waals surface area contributed by atoms with E-state index < -0.39 is 0 Å². The summed E-state index contributed by atoms with van der Waals surface area (Å²) in [5, 5.41) is 2.67. The Labute approximate surface area is 132 Å². The van der Waals surface area contributed by atoms with Gasteiger partial charge in [-0.25, -0.2) is 0 Å². The summed E-state index contributed by atoms with van der Waals surface area (Å²) in [6.07, 6.45) is 0. The zero-order valence-corrected chi connectivity index (χ0v) is 14.2. The summed E-state index contributed by atoms with van der Waals surface area (Å²) in [5.74, 6) is 0. The van der Waals surface area contributed by atoms with Crippen LogP contribution in [0.3, 0.4) is 0 Å². The molecule has 2 aliphatic rings. The van der Waals surface area contributed by atoms with Gasteiger partial charge in [-0.1, -0.05) is 52.0 Å². The van der Waals surface area contributed by atoms with E-state index in [-0.39, 0.29) is 10.8 Å². The molecule has 0 saturated heterocycles. The van der Waals surface area contributed by atoms with Crippen LogP contribution < -0.4 is 0 Å². The van der Waals surface area contributed by atoms with E-state index in [9.17, 15) is 0 Å². The molecule has 0 aliphatic carbocycles. The average molecular weight is 290 g/mol. The van der Waals surface area contributed by atoms with Crippen molar-refractivity contribution in [3.63, 3.8) is 0 Å². The molecule has 0 spiro atoms. The third-order valence-electron chi connectivity index (χ3n) is 5.78. The molecule has 0 bridgehead atoms. The fourth-order valence-electron chi connectivity index (χ4n) is 3.87. The minimum atomic E-state index is -0.0277. The number of hydrogen-bond donors (Lipinski definition) is 0. The highest BCUT2D eigenvalue weighted by molar-refractivity contribution is 6.15. The zero-order chi connectivity index (χ0) is 15.9. The molecule has 0 N–H and O–H groups in total. The topological polar surface area (TPSA) is 24.7 Å². The first-order valence-electron chi connectivity index (χ1n) is 7.97. The molecular weight excluding hydrogens is 268 g/mol. The lowest BCUT2D eigenvalue weighted by Crippen LogP contribution is -2.24. The fourth-order valence-corrected chi connectivity index (χ4v) is 3.87. The number of fused-ring (bicyclic) bond motifs is 6. The van der Waals surface area contributed by atoms with Gasteiger partial charge < -0.3 is 0 Å². The minimum Gasteiger partial charge on any atom is -0.255 e. The van der Waals surface area contributed by atoms with Crippen molar-refractivity contribution in [3.05, 3.63) is 35.4 Å². The molecule has 0 saturated carbocycles. The molecule has 112 valence electrons. The first kappa shape index (κ1) is 13.7. The monoisotopic (exact) mass is 290 g/mol. The minimum absolute atomic E-state index is 0.0277. The molecule has 2 aromatic carbocycles. The summed E-state index contributed by atoms with van der Waals surface area (Å²) in [4.78, 5) is 9.87. The smallest absolute Gasteiger partial charge is 0.0936 e. The van der Waals surface area contributed by atoms with Crippen molar-refractivity contribution >= 4 is 33.6 Å². The average Bonchev–Trinajstić information content (AvgIpc) is 2.83. The van der Waals surface area contributed by atoms with Crippen molar-refractivity contribution in [2.24, 2.45) is 9.98 Å². The van der Waals surface area contributed by atoms with Crippen LogP contribution in [0.2, 0.25) is 0 Å². The van der Waals surface area contributed by atoms with E-state index in [2.05, 4.69) is 65.8 Å². The predicted octanol–water partition coefficient (Wildman–Crippen LogP) is 5.61. The van der Waals surface area contributed by atoms with Crippen LogP contribution in [0.15, 0.2) is 34.3 Å². The normalized spacial score (nSPS) is 20.6. The molecule has 2 aromatic rings. The second-order valence-electron chi connectivity index (χ2n) is 7.64. The first-order valence-corrected chi connectivity index (χ1v) is 7.97. The Hall–Kier alpha value is -1.96. The van der Waals surface area contributed by atoms with Crippen molar-refractivity contribution < 1.29 is 0 Å². The standard InChI is InChI=1S/C20H22N2/c1-11-19(3,4)15-13-9-7-8-10-14(13)16-18(17(15)21-11)22-12(2)20(16,5)6/h7-10H,1-6H3. The van der Waals surface area contributed by atoms with E-state index in [1.165, 1.54) is 33.3 Å². The molecule has 0 unspecified atom stereocenters. The van der Waals surface area contributed by atoms with Gasteiger partial charge in [0.1, 0.15) is 0 Å². The van der Waals surface area contributed by atoms with E-state index in [4.69, 9.17) is 9.98 Å². The van der Waals surface area contributed by atoms with Crippen LogP contribution in [0.1, 0.15) is 52.7 Å². The van der Waals surface area contributed by atoms with E-state index in [1.807, 2.05) is 0 Å². The number of benzene rings is 2. The molecule has 2 aliphatic heterocycles. The first-order chi connectivity index (χ1) is 10.3. The largest absolute Gasteiger partial charge is 0.255 e. The van der Waals surface area contributed by atoms with E-state index in [0.29, 0.717) is 0 Å². The van der Waals surface area contributed by atoms with Crippen LogP contribution in [-0.4, -0.2) is 11.4 Å². The lowest BCUT2D eigenvalue weighted by atomic mass is 9.74. The van der Waals surface area contributed by atoms with Crippen molar-refractivity contribution in [1.29, 1.82) is 0 Å². The summed E-state index contributed by atoms with van der Waals surface area (Å²) in [6, 6.07) is 8.75. The van der Waals surface area contributed by atoms with Gasteiger partial charge in [0.05, 0.1) is 11.4 Å². The third kappa shape index (κ3) is 1.41. The Morgan fingerprint density at radius 3 is 1.41 bits per heavy atom. The van der Waals surface area contributed by atoms with Crippen LogP contribution in [-0.2, 0) is 10.8 Å². The Kier molecular flexibility index (Phi) is 2.40. The van der Waals surface area contributed by atoms with Crippen molar-refractivity contribution in [1.82, 2.24) is 0 Å². The predicted molar refractivity (Wildman–Crippen MR) is 95.5 cm³/mol. The lowest BCUT2D eigenvalue weighted by molar-refractivity contribution is 0.732. The van der Waals surface area contributed by atoms with Crippen molar-refractivity contribution in [2.45, 2.75) is 52.4 Å². The molecule has 2 heteroatoms. The second kappa shape index (κ2) is 3.87. The Morgan fingerprint density at radius 2 is 1.05 bits per heavy atom. The van der Waals surface area contributed by atoms with Gasteiger partial charge in [0, 0.05) is 22.3 Å². The van der Waals surface area contributed by atoms with Crippen LogP contribution in [0.25, 0.3) is 10.8 Å². The highest BCUT2D eigenvalue weighted by Gasteiger charge is 2.42. The SMILES string of the molecule is CC1=Nc2c3c(c4ccccc4c2C1(C)C)C(C)(C)C(C)=N3. The maximum Gasteiger partial charge on any atom is 0.0936 e. The molecule has 0 aromatic heterocycles. The molecule has 2 heterocycles. The molecule has 22 heavy (non-hydrogen) atoms. The number of hydrogen-bond acceptors (Lipinski definition) is 2. The lowest BCUT2D eigenvalue weighted by Gasteiger charge is -2.26. The van der Waals surface area contributed by atoms with Gasteiger partial charge in [-0.15, -0.1) is 0 Å². The van der Waals surface area contributed by atoms with Crippen LogP contribution in [0.5, 0.6) is 0 Å². The van der Waals surface area contributed by atoms with E-state index in [1.54, 1.807) is 0 Å². The molecule has 4 rings (SSSR count). The number of rotatable bonds is 0. The van der Waals surface area contributed by atoms with Gasteiger partial charge in [-0.3, -0.25) is 9.98 Å². The van der Waals surface area contributed by atoms with E-state index >= 15 is 0 Å². The van der Waals surface area contributed by atoms with Crippen LogP contribution in [0.4, 0.5) is 11.4 Å². The molecular formula is C20H22N2. The maximum absolute atomic E-state index is 4.94.